The van der Waals surface area contributed by atoms with Gasteiger partial charge in [0.1, 0.15) is 0 Å². The Bertz CT molecular complexity index is 633. The van der Waals surface area contributed by atoms with E-state index in [9.17, 15) is 4.79 Å². The minimum absolute atomic E-state index is 0.0458. The number of halogens is 1. The number of benzene rings is 1. The summed E-state index contributed by atoms with van der Waals surface area (Å²) in [6.07, 6.45) is 5.35. The van der Waals surface area contributed by atoms with Crippen LogP contribution in [0.2, 0.25) is 5.02 Å². The zero-order valence-corrected chi connectivity index (χ0v) is 13.4. The molecule has 0 bridgehead atoms. The minimum Gasteiger partial charge on any atom is -0.325 e. The number of hydrogen-bond donors (Lipinski definition) is 2. The molecule has 5 nitrogen and oxygen atoms in total. The smallest absolute Gasteiger partial charge is 0.225 e. The van der Waals surface area contributed by atoms with Crippen molar-refractivity contribution in [2.45, 2.75) is 26.3 Å². The summed E-state index contributed by atoms with van der Waals surface area (Å²) < 4.78 is 0. The number of carbonyl (C=O) groups excluding carboxylic acids is 1. The minimum atomic E-state index is -0.0791. The highest BCUT2D eigenvalue weighted by Gasteiger charge is 2.09. The van der Waals surface area contributed by atoms with Gasteiger partial charge in [-0.1, -0.05) is 17.7 Å². The molecule has 1 aromatic carbocycles. The lowest BCUT2D eigenvalue weighted by Gasteiger charge is -2.13. The van der Waals surface area contributed by atoms with E-state index in [0.29, 0.717) is 23.7 Å². The molecule has 6 heteroatoms. The molecule has 0 radical (unpaired) electrons. The van der Waals surface area contributed by atoms with Crippen LogP contribution in [0.4, 0.5) is 5.69 Å². The van der Waals surface area contributed by atoms with Crippen LogP contribution in [0, 0.1) is 6.92 Å². The van der Waals surface area contributed by atoms with Crippen molar-refractivity contribution in [3.8, 4) is 0 Å². The molecule has 0 saturated heterocycles. The van der Waals surface area contributed by atoms with Gasteiger partial charge in [-0.25, -0.2) is 0 Å². The van der Waals surface area contributed by atoms with Gasteiger partial charge in [0.05, 0.1) is 16.4 Å². The van der Waals surface area contributed by atoms with Crippen LogP contribution in [0.5, 0.6) is 0 Å². The van der Waals surface area contributed by atoms with Crippen LogP contribution in [0.15, 0.2) is 36.8 Å². The number of hydrogen-bond acceptors (Lipinski definition) is 4. The predicted octanol–water partition coefficient (Wildman–Crippen LogP) is 3.12. The molecule has 1 atom stereocenters. The van der Waals surface area contributed by atoms with Crippen LogP contribution < -0.4 is 10.6 Å². The maximum Gasteiger partial charge on any atom is 0.225 e. The Morgan fingerprint density at radius 2 is 2.18 bits per heavy atom. The first-order valence-corrected chi connectivity index (χ1v) is 7.49. The zero-order valence-electron chi connectivity index (χ0n) is 12.6. The maximum absolute atomic E-state index is 11.9. The van der Waals surface area contributed by atoms with Gasteiger partial charge in [-0.2, -0.15) is 0 Å². The third kappa shape index (κ3) is 4.79. The Morgan fingerprint density at radius 3 is 2.86 bits per heavy atom. The number of carbonyl (C=O) groups is 1. The number of anilines is 1. The second-order valence-electron chi connectivity index (χ2n) is 5.09. The predicted molar refractivity (Wildman–Crippen MR) is 87.9 cm³/mol. The number of rotatable bonds is 6. The summed E-state index contributed by atoms with van der Waals surface area (Å²) >= 11 is 6.09. The molecule has 0 spiro atoms. The fraction of sp³-hybridized carbons (Fsp3) is 0.312. The van der Waals surface area contributed by atoms with Crippen LogP contribution in [-0.4, -0.2) is 22.4 Å². The van der Waals surface area contributed by atoms with Crippen molar-refractivity contribution in [2.75, 3.05) is 11.9 Å². The summed E-state index contributed by atoms with van der Waals surface area (Å²) in [4.78, 5) is 20.2. The number of aryl methyl sites for hydroxylation is 1. The third-order valence-electron chi connectivity index (χ3n) is 3.23. The van der Waals surface area contributed by atoms with Gasteiger partial charge >= 0.3 is 0 Å². The molecule has 2 aromatic rings. The normalized spacial score (nSPS) is 12.0. The van der Waals surface area contributed by atoms with E-state index in [1.165, 1.54) is 0 Å². The van der Waals surface area contributed by atoms with Gasteiger partial charge in [-0.3, -0.25) is 14.8 Å². The number of nitrogens with zero attached hydrogens (tertiary/aromatic N) is 2. The summed E-state index contributed by atoms with van der Waals surface area (Å²) in [5, 5.41) is 6.61. The number of nitrogens with one attached hydrogen (secondary N) is 2. The van der Waals surface area contributed by atoms with Gasteiger partial charge < -0.3 is 10.6 Å². The zero-order chi connectivity index (χ0) is 15.9. The highest BCUT2D eigenvalue weighted by molar-refractivity contribution is 6.33. The fourth-order valence-electron chi connectivity index (χ4n) is 1.98. The maximum atomic E-state index is 11.9. The van der Waals surface area contributed by atoms with Gasteiger partial charge in [0.25, 0.3) is 0 Å². The molecule has 1 amide bonds. The third-order valence-corrected chi connectivity index (χ3v) is 3.54. The molecular weight excluding hydrogens is 300 g/mol. The Kier molecular flexibility index (Phi) is 5.86. The van der Waals surface area contributed by atoms with Crippen molar-refractivity contribution < 1.29 is 4.79 Å². The van der Waals surface area contributed by atoms with Gasteiger partial charge in [0, 0.05) is 37.6 Å². The molecule has 22 heavy (non-hydrogen) atoms. The summed E-state index contributed by atoms with van der Waals surface area (Å²) in [6, 6.07) is 5.59. The van der Waals surface area contributed by atoms with E-state index >= 15 is 0 Å². The molecule has 0 unspecified atom stereocenters. The van der Waals surface area contributed by atoms with E-state index in [2.05, 4.69) is 20.6 Å². The first kappa shape index (κ1) is 16.4. The van der Waals surface area contributed by atoms with Crippen molar-refractivity contribution in [3.63, 3.8) is 0 Å². The molecule has 2 rings (SSSR count). The Balaban J connectivity index is 1.78. The van der Waals surface area contributed by atoms with Crippen LogP contribution in [0.3, 0.4) is 0 Å². The molecule has 0 aliphatic heterocycles. The van der Waals surface area contributed by atoms with Crippen molar-refractivity contribution in [1.29, 1.82) is 0 Å². The van der Waals surface area contributed by atoms with Crippen molar-refractivity contribution in [2.24, 2.45) is 0 Å². The van der Waals surface area contributed by atoms with Crippen LogP contribution >= 0.6 is 11.6 Å². The standard InChI is InChI=1S/C16H19ClN4O/c1-11-3-4-14(13(17)9-11)21-16(22)5-6-19-12(2)15-10-18-7-8-20-15/h3-4,7-10,12,19H,5-6H2,1-2H3,(H,21,22)/t12-/m0/s1. The molecule has 0 aliphatic carbocycles. The van der Waals surface area contributed by atoms with Crippen molar-refractivity contribution in [3.05, 3.63) is 53.1 Å². The van der Waals surface area contributed by atoms with Crippen LogP contribution in [-0.2, 0) is 4.79 Å². The van der Waals surface area contributed by atoms with Crippen molar-refractivity contribution >= 4 is 23.2 Å². The van der Waals surface area contributed by atoms with E-state index in [4.69, 9.17) is 11.6 Å². The average molecular weight is 319 g/mol. The summed E-state index contributed by atoms with van der Waals surface area (Å²) in [7, 11) is 0. The van der Waals surface area contributed by atoms with E-state index in [1.807, 2.05) is 32.0 Å². The van der Waals surface area contributed by atoms with Gasteiger partial charge in [0.15, 0.2) is 0 Å². The SMILES string of the molecule is Cc1ccc(NC(=O)CCN[C@@H](C)c2cnccn2)c(Cl)c1. The molecule has 0 saturated carbocycles. The van der Waals surface area contributed by atoms with E-state index in [0.717, 1.165) is 11.3 Å². The lowest BCUT2D eigenvalue weighted by Crippen LogP contribution is -2.25. The molecule has 0 fully saturated rings. The first-order valence-electron chi connectivity index (χ1n) is 7.11. The Morgan fingerprint density at radius 1 is 1.36 bits per heavy atom. The van der Waals surface area contributed by atoms with Gasteiger partial charge in [0.2, 0.25) is 5.91 Å². The second-order valence-corrected chi connectivity index (χ2v) is 5.49. The summed E-state index contributed by atoms with van der Waals surface area (Å²) in [5.41, 5.74) is 2.55. The number of aromatic nitrogens is 2. The Hall–Kier alpha value is -1.98. The van der Waals surface area contributed by atoms with E-state index in [1.54, 1.807) is 18.6 Å². The van der Waals surface area contributed by atoms with Crippen LogP contribution in [0.1, 0.15) is 30.6 Å². The van der Waals surface area contributed by atoms with Gasteiger partial charge in [-0.05, 0) is 31.5 Å². The van der Waals surface area contributed by atoms with Crippen molar-refractivity contribution in [1.82, 2.24) is 15.3 Å². The van der Waals surface area contributed by atoms with E-state index < -0.39 is 0 Å². The fourth-order valence-corrected chi connectivity index (χ4v) is 2.26. The molecule has 0 aliphatic rings. The van der Waals surface area contributed by atoms with E-state index in [-0.39, 0.29) is 11.9 Å². The highest BCUT2D eigenvalue weighted by Crippen LogP contribution is 2.22. The Labute approximate surface area is 135 Å². The molecule has 1 heterocycles. The molecular formula is C16H19ClN4O. The first-order chi connectivity index (χ1) is 10.6. The van der Waals surface area contributed by atoms with Crippen LogP contribution in [0.25, 0.3) is 0 Å². The monoisotopic (exact) mass is 318 g/mol. The number of amides is 1. The quantitative estimate of drug-likeness (QED) is 0.858. The lowest BCUT2D eigenvalue weighted by atomic mass is 10.2. The largest absolute Gasteiger partial charge is 0.325 e. The van der Waals surface area contributed by atoms with Gasteiger partial charge in [-0.15, -0.1) is 0 Å². The summed E-state index contributed by atoms with van der Waals surface area (Å²) in [6.45, 7) is 4.49. The highest BCUT2D eigenvalue weighted by atomic mass is 35.5. The molecule has 2 N–H and O–H groups in total. The lowest BCUT2D eigenvalue weighted by molar-refractivity contribution is -0.116. The summed E-state index contributed by atoms with van der Waals surface area (Å²) in [5.74, 6) is -0.0791. The second kappa shape index (κ2) is 7.87. The topological polar surface area (TPSA) is 66.9 Å². The molecule has 116 valence electrons. The average Bonchev–Trinajstić information content (AvgIpc) is 2.51. The molecule has 1 aromatic heterocycles.